The van der Waals surface area contributed by atoms with Crippen molar-refractivity contribution in [3.05, 3.63) is 34.8 Å². The predicted molar refractivity (Wildman–Crippen MR) is 103 cm³/mol. The summed E-state index contributed by atoms with van der Waals surface area (Å²) in [6.45, 7) is 0.553. The smallest absolute Gasteiger partial charge is 0.230 e. The van der Waals surface area contributed by atoms with E-state index in [2.05, 4.69) is 10.3 Å². The fourth-order valence-corrected chi connectivity index (χ4v) is 4.27. The van der Waals surface area contributed by atoms with Crippen molar-refractivity contribution in [2.75, 3.05) is 26.5 Å². The van der Waals surface area contributed by atoms with Gasteiger partial charge in [0.05, 0.1) is 25.3 Å². The minimum absolute atomic E-state index is 0.0745. The summed E-state index contributed by atoms with van der Waals surface area (Å²) in [7, 11) is 3.23. The maximum Gasteiger partial charge on any atom is 0.230 e. The topological polar surface area (TPSA) is 86.5 Å². The maximum absolute atomic E-state index is 13.1. The molecule has 1 fully saturated rings. The van der Waals surface area contributed by atoms with E-state index in [1.807, 2.05) is 23.6 Å². The summed E-state index contributed by atoms with van der Waals surface area (Å²) in [5, 5.41) is 5.59. The molecule has 1 amide bonds. The molecule has 1 aliphatic rings. The number of rotatable bonds is 7. The molecule has 0 spiro atoms. The van der Waals surface area contributed by atoms with Gasteiger partial charge in [0.15, 0.2) is 16.6 Å². The molecule has 140 valence electrons. The molecular formula is C19H25N3O3S. The number of hydrogen-bond acceptors (Lipinski definition) is 6. The van der Waals surface area contributed by atoms with E-state index in [1.165, 1.54) is 11.3 Å². The first-order chi connectivity index (χ1) is 12.6. The third-order valence-electron chi connectivity index (χ3n) is 5.06. The zero-order chi connectivity index (χ0) is 18.6. The van der Waals surface area contributed by atoms with Gasteiger partial charge in [0.1, 0.15) is 0 Å². The zero-order valence-electron chi connectivity index (χ0n) is 15.2. The number of nitrogens with one attached hydrogen (secondary N) is 1. The number of thiazole rings is 1. The normalized spacial score (nSPS) is 15.6. The Bertz CT molecular complexity index is 769. The molecule has 1 aromatic carbocycles. The number of anilines is 1. The first-order valence-corrected chi connectivity index (χ1v) is 9.68. The molecule has 1 aromatic heterocycles. The molecule has 0 bridgehead atoms. The van der Waals surface area contributed by atoms with Crippen LogP contribution in [-0.4, -0.2) is 31.7 Å². The molecule has 0 aliphatic heterocycles. The van der Waals surface area contributed by atoms with E-state index in [0.717, 1.165) is 36.9 Å². The fraction of sp³-hybridized carbons (Fsp3) is 0.474. The summed E-state index contributed by atoms with van der Waals surface area (Å²) in [5.41, 5.74) is 7.06. The van der Waals surface area contributed by atoms with Crippen molar-refractivity contribution in [2.45, 2.75) is 37.5 Å². The van der Waals surface area contributed by atoms with Crippen LogP contribution in [0.3, 0.4) is 0 Å². The Kier molecular flexibility index (Phi) is 5.66. The monoisotopic (exact) mass is 375 g/mol. The first-order valence-electron chi connectivity index (χ1n) is 8.80. The molecule has 1 heterocycles. The van der Waals surface area contributed by atoms with E-state index in [1.54, 1.807) is 14.2 Å². The van der Waals surface area contributed by atoms with Crippen molar-refractivity contribution < 1.29 is 14.3 Å². The molecule has 3 rings (SSSR count). The van der Waals surface area contributed by atoms with E-state index in [0.29, 0.717) is 29.6 Å². The highest BCUT2D eigenvalue weighted by Gasteiger charge is 2.42. The lowest BCUT2D eigenvalue weighted by Crippen LogP contribution is -2.43. The van der Waals surface area contributed by atoms with Crippen LogP contribution in [0, 0.1) is 0 Å². The lowest BCUT2D eigenvalue weighted by molar-refractivity contribution is -0.126. The number of nitrogens with zero attached hydrogens (tertiary/aromatic N) is 1. The van der Waals surface area contributed by atoms with E-state index in [4.69, 9.17) is 15.2 Å². The number of amides is 1. The van der Waals surface area contributed by atoms with Crippen LogP contribution in [0.2, 0.25) is 0 Å². The summed E-state index contributed by atoms with van der Waals surface area (Å²) in [4.78, 5) is 17.3. The number of methoxy groups -OCH3 is 2. The number of ether oxygens (including phenoxy) is 2. The van der Waals surface area contributed by atoms with Gasteiger partial charge in [0.25, 0.3) is 0 Å². The van der Waals surface area contributed by atoms with E-state index >= 15 is 0 Å². The summed E-state index contributed by atoms with van der Waals surface area (Å²) in [6.07, 6.45) is 4.46. The minimum Gasteiger partial charge on any atom is -0.493 e. The number of nitrogens with two attached hydrogens (primary N) is 1. The van der Waals surface area contributed by atoms with Crippen LogP contribution in [0.1, 0.15) is 36.9 Å². The zero-order valence-corrected chi connectivity index (χ0v) is 16.0. The lowest BCUT2D eigenvalue weighted by atomic mass is 9.77. The van der Waals surface area contributed by atoms with E-state index < -0.39 is 5.41 Å². The van der Waals surface area contributed by atoms with Crippen molar-refractivity contribution in [3.8, 4) is 11.5 Å². The minimum atomic E-state index is -0.499. The van der Waals surface area contributed by atoms with Gasteiger partial charge in [-0.25, -0.2) is 4.98 Å². The first kappa shape index (κ1) is 18.5. The molecule has 0 atom stereocenters. The van der Waals surface area contributed by atoms with Gasteiger partial charge in [-0.15, -0.1) is 11.3 Å². The molecule has 0 radical (unpaired) electrons. The second-order valence-corrected chi connectivity index (χ2v) is 7.43. The molecule has 1 saturated carbocycles. The van der Waals surface area contributed by atoms with Crippen molar-refractivity contribution in [2.24, 2.45) is 0 Å². The van der Waals surface area contributed by atoms with Gasteiger partial charge < -0.3 is 20.5 Å². The van der Waals surface area contributed by atoms with Gasteiger partial charge >= 0.3 is 0 Å². The molecule has 3 N–H and O–H groups in total. The molecule has 0 saturated heterocycles. The highest BCUT2D eigenvalue weighted by atomic mass is 32.1. The molecule has 1 aliphatic carbocycles. The molecule has 6 nitrogen and oxygen atoms in total. The number of carbonyl (C=O) groups is 1. The number of aromatic nitrogens is 1. The van der Waals surface area contributed by atoms with Gasteiger partial charge in [-0.05, 0) is 30.5 Å². The number of hydrogen-bond donors (Lipinski definition) is 2. The van der Waals surface area contributed by atoms with Crippen LogP contribution < -0.4 is 20.5 Å². The predicted octanol–water partition coefficient (Wildman–Crippen LogP) is 2.91. The summed E-state index contributed by atoms with van der Waals surface area (Å²) in [5.74, 6) is 1.40. The Morgan fingerprint density at radius 3 is 2.62 bits per heavy atom. The molecule has 26 heavy (non-hydrogen) atoms. The van der Waals surface area contributed by atoms with Crippen molar-refractivity contribution in [1.29, 1.82) is 0 Å². The van der Waals surface area contributed by atoms with Crippen LogP contribution in [0.25, 0.3) is 0 Å². The largest absolute Gasteiger partial charge is 0.493 e. The quantitative estimate of drug-likeness (QED) is 0.777. The molecule has 2 aromatic rings. The summed E-state index contributed by atoms with van der Waals surface area (Å²) >= 11 is 1.42. The van der Waals surface area contributed by atoms with Crippen molar-refractivity contribution in [3.63, 3.8) is 0 Å². The molecule has 7 heteroatoms. The Hall–Kier alpha value is -2.28. The second-order valence-electron chi connectivity index (χ2n) is 6.54. The van der Waals surface area contributed by atoms with Gasteiger partial charge in [-0.1, -0.05) is 18.9 Å². The van der Waals surface area contributed by atoms with Gasteiger partial charge in [-0.2, -0.15) is 0 Å². The maximum atomic E-state index is 13.1. The van der Waals surface area contributed by atoms with Gasteiger partial charge in [-0.3, -0.25) is 4.79 Å². The number of carbonyl (C=O) groups excluding carboxylic acids is 1. The number of nitrogen functional groups attached to an aromatic ring is 1. The summed E-state index contributed by atoms with van der Waals surface area (Å²) in [6, 6.07) is 5.79. The highest BCUT2D eigenvalue weighted by molar-refractivity contribution is 7.13. The van der Waals surface area contributed by atoms with Crippen LogP contribution in [0.5, 0.6) is 11.5 Å². The molecular weight excluding hydrogens is 350 g/mol. The van der Waals surface area contributed by atoms with E-state index in [9.17, 15) is 4.79 Å². The van der Waals surface area contributed by atoms with Gasteiger partial charge in [0.2, 0.25) is 5.91 Å². The van der Waals surface area contributed by atoms with Crippen LogP contribution in [-0.2, 0) is 16.6 Å². The van der Waals surface area contributed by atoms with Crippen LogP contribution in [0.4, 0.5) is 5.13 Å². The SMILES string of the molecule is COc1ccc(C2(C(=O)NCCc3csc(N)n3)CCCC2)cc1OC. The Labute approximate surface area is 157 Å². The average Bonchev–Trinajstić information content (AvgIpc) is 3.31. The van der Waals surface area contributed by atoms with E-state index in [-0.39, 0.29) is 5.91 Å². The van der Waals surface area contributed by atoms with Crippen molar-refractivity contribution in [1.82, 2.24) is 10.3 Å². The highest BCUT2D eigenvalue weighted by Crippen LogP contribution is 2.43. The lowest BCUT2D eigenvalue weighted by Gasteiger charge is -2.29. The Morgan fingerprint density at radius 1 is 1.27 bits per heavy atom. The third kappa shape index (κ3) is 3.62. The second kappa shape index (κ2) is 7.95. The van der Waals surface area contributed by atoms with Gasteiger partial charge in [0, 0.05) is 18.3 Å². The average molecular weight is 375 g/mol. The molecule has 0 unspecified atom stereocenters. The number of benzene rings is 1. The standard InChI is InChI=1S/C19H25N3O3S/c1-24-15-6-5-13(11-16(15)25-2)19(8-3-4-9-19)17(23)21-10-7-14-12-26-18(20)22-14/h5-6,11-12H,3-4,7-10H2,1-2H3,(H2,20,22)(H,21,23). The van der Waals surface area contributed by atoms with Crippen LogP contribution >= 0.6 is 11.3 Å². The van der Waals surface area contributed by atoms with Crippen molar-refractivity contribution >= 4 is 22.4 Å². The fourth-order valence-electron chi connectivity index (χ4n) is 3.67. The van der Waals surface area contributed by atoms with Crippen LogP contribution in [0.15, 0.2) is 23.6 Å². The third-order valence-corrected chi connectivity index (χ3v) is 5.79. The Balaban J connectivity index is 1.75. The summed E-state index contributed by atoms with van der Waals surface area (Å²) < 4.78 is 10.7. The Morgan fingerprint density at radius 2 is 2.00 bits per heavy atom.